The molecule has 0 unspecified atom stereocenters. The standard InChI is InChI=1S/C12H17ClN2O3S/c1-5-19(17,18)8-6-9(10(13)14-7-8)11(16)15-12(2,3)4/h6-7H,5H2,1-4H3,(H,15,16). The fourth-order valence-electron chi connectivity index (χ4n) is 1.33. The molecule has 1 amide bonds. The van der Waals surface area contributed by atoms with Gasteiger partial charge in [-0.3, -0.25) is 4.79 Å². The van der Waals surface area contributed by atoms with Crippen molar-refractivity contribution in [3.05, 3.63) is 23.0 Å². The fraction of sp³-hybridized carbons (Fsp3) is 0.500. The van der Waals surface area contributed by atoms with E-state index in [0.29, 0.717) is 0 Å². The number of hydrogen-bond donors (Lipinski definition) is 1. The molecule has 1 N–H and O–H groups in total. The molecule has 5 nitrogen and oxygen atoms in total. The zero-order valence-electron chi connectivity index (χ0n) is 11.3. The number of nitrogens with zero attached hydrogens (tertiary/aromatic N) is 1. The first-order valence-electron chi connectivity index (χ1n) is 5.77. The van der Waals surface area contributed by atoms with Gasteiger partial charge in [0.05, 0.1) is 16.2 Å². The number of pyridine rings is 1. The third-order valence-electron chi connectivity index (χ3n) is 2.29. The molecule has 0 bridgehead atoms. The van der Waals surface area contributed by atoms with E-state index in [1.807, 2.05) is 20.8 Å². The van der Waals surface area contributed by atoms with Gasteiger partial charge in [0, 0.05) is 11.7 Å². The first kappa shape index (κ1) is 15.9. The number of halogens is 1. The van der Waals surface area contributed by atoms with Crippen molar-refractivity contribution in [1.82, 2.24) is 10.3 Å². The van der Waals surface area contributed by atoms with Crippen molar-refractivity contribution in [2.75, 3.05) is 5.75 Å². The predicted octanol–water partition coefficient (Wildman–Crippen LogP) is 2.06. The van der Waals surface area contributed by atoms with Gasteiger partial charge in [-0.1, -0.05) is 18.5 Å². The minimum Gasteiger partial charge on any atom is -0.347 e. The summed E-state index contributed by atoms with van der Waals surface area (Å²) in [6, 6.07) is 1.26. The molecule has 0 fully saturated rings. The minimum atomic E-state index is -3.42. The van der Waals surface area contributed by atoms with Crippen LogP contribution in [0.1, 0.15) is 38.1 Å². The average molecular weight is 305 g/mol. The molecular weight excluding hydrogens is 288 g/mol. The molecule has 0 aromatic carbocycles. The molecular formula is C12H17ClN2O3S. The van der Waals surface area contributed by atoms with Crippen LogP contribution in [0.4, 0.5) is 0 Å². The van der Waals surface area contributed by atoms with E-state index in [-0.39, 0.29) is 21.4 Å². The Bertz CT molecular complexity index is 591. The molecule has 1 heterocycles. The first-order chi connectivity index (χ1) is 8.57. The van der Waals surface area contributed by atoms with Crippen molar-refractivity contribution in [2.45, 2.75) is 38.1 Å². The molecule has 0 radical (unpaired) electrons. The molecule has 0 aliphatic heterocycles. The van der Waals surface area contributed by atoms with Crippen LogP contribution in [-0.2, 0) is 9.84 Å². The molecule has 1 aromatic rings. The molecule has 7 heteroatoms. The maximum atomic E-state index is 12.0. The summed E-state index contributed by atoms with van der Waals surface area (Å²) in [5.74, 6) is -0.505. The van der Waals surface area contributed by atoms with Crippen LogP contribution >= 0.6 is 11.6 Å². The van der Waals surface area contributed by atoms with E-state index in [1.165, 1.54) is 13.0 Å². The van der Waals surface area contributed by atoms with Crippen molar-refractivity contribution in [3.8, 4) is 0 Å². The molecule has 0 saturated carbocycles. The lowest BCUT2D eigenvalue weighted by atomic mass is 10.1. The molecule has 1 aromatic heterocycles. The van der Waals surface area contributed by atoms with Crippen LogP contribution in [0.3, 0.4) is 0 Å². The van der Waals surface area contributed by atoms with E-state index in [1.54, 1.807) is 0 Å². The third kappa shape index (κ3) is 4.18. The maximum absolute atomic E-state index is 12.0. The topological polar surface area (TPSA) is 76.1 Å². The molecule has 106 valence electrons. The van der Waals surface area contributed by atoms with Crippen LogP contribution in [-0.4, -0.2) is 30.6 Å². The molecule has 19 heavy (non-hydrogen) atoms. The van der Waals surface area contributed by atoms with Gasteiger partial charge in [0.1, 0.15) is 5.15 Å². The van der Waals surface area contributed by atoms with Crippen LogP contribution in [0.15, 0.2) is 17.2 Å². The number of nitrogens with one attached hydrogen (secondary N) is 1. The van der Waals surface area contributed by atoms with Crippen molar-refractivity contribution >= 4 is 27.3 Å². The monoisotopic (exact) mass is 304 g/mol. The zero-order valence-corrected chi connectivity index (χ0v) is 12.9. The summed E-state index contributed by atoms with van der Waals surface area (Å²) in [5, 5.41) is 2.70. The van der Waals surface area contributed by atoms with Crippen molar-refractivity contribution < 1.29 is 13.2 Å². The molecule has 0 spiro atoms. The summed E-state index contributed by atoms with van der Waals surface area (Å²) in [4.78, 5) is 15.8. The Morgan fingerprint density at radius 2 is 2.00 bits per heavy atom. The number of amides is 1. The average Bonchev–Trinajstić information content (AvgIpc) is 2.26. The Labute approximate surface area is 118 Å². The second-order valence-corrected chi connectivity index (χ2v) is 7.75. The van der Waals surface area contributed by atoms with Gasteiger partial charge in [0.15, 0.2) is 9.84 Å². The number of sulfone groups is 1. The van der Waals surface area contributed by atoms with Gasteiger partial charge in [-0.2, -0.15) is 0 Å². The number of rotatable bonds is 3. The Morgan fingerprint density at radius 1 is 1.42 bits per heavy atom. The van der Waals surface area contributed by atoms with E-state index in [2.05, 4.69) is 10.3 Å². The van der Waals surface area contributed by atoms with Crippen molar-refractivity contribution in [3.63, 3.8) is 0 Å². The van der Waals surface area contributed by atoms with Crippen LogP contribution < -0.4 is 5.32 Å². The second-order valence-electron chi connectivity index (χ2n) is 5.12. The van der Waals surface area contributed by atoms with Gasteiger partial charge in [-0.05, 0) is 26.8 Å². The number of carbonyl (C=O) groups excluding carboxylic acids is 1. The SMILES string of the molecule is CCS(=O)(=O)c1cnc(Cl)c(C(=O)NC(C)(C)C)c1. The molecule has 0 saturated heterocycles. The van der Waals surface area contributed by atoms with Gasteiger partial charge >= 0.3 is 0 Å². The summed E-state index contributed by atoms with van der Waals surface area (Å²) in [5.41, 5.74) is -0.383. The fourth-order valence-corrected chi connectivity index (χ4v) is 2.37. The van der Waals surface area contributed by atoms with Gasteiger partial charge in [0.2, 0.25) is 0 Å². The van der Waals surface area contributed by atoms with Crippen molar-refractivity contribution in [2.24, 2.45) is 0 Å². The van der Waals surface area contributed by atoms with E-state index in [9.17, 15) is 13.2 Å². The van der Waals surface area contributed by atoms with Crippen LogP contribution in [0, 0.1) is 0 Å². The van der Waals surface area contributed by atoms with Gasteiger partial charge in [-0.25, -0.2) is 13.4 Å². The van der Waals surface area contributed by atoms with Crippen LogP contribution in [0.5, 0.6) is 0 Å². The van der Waals surface area contributed by atoms with E-state index >= 15 is 0 Å². The van der Waals surface area contributed by atoms with Crippen LogP contribution in [0.2, 0.25) is 5.15 Å². The summed E-state index contributed by atoms with van der Waals surface area (Å²) < 4.78 is 23.5. The van der Waals surface area contributed by atoms with Crippen molar-refractivity contribution in [1.29, 1.82) is 0 Å². The first-order valence-corrected chi connectivity index (χ1v) is 7.80. The number of hydrogen-bond acceptors (Lipinski definition) is 4. The zero-order chi connectivity index (χ0) is 14.8. The molecule has 0 aliphatic rings. The maximum Gasteiger partial charge on any atom is 0.254 e. The lowest BCUT2D eigenvalue weighted by Gasteiger charge is -2.20. The second kappa shape index (κ2) is 5.46. The lowest BCUT2D eigenvalue weighted by Crippen LogP contribution is -2.40. The summed E-state index contributed by atoms with van der Waals surface area (Å²) in [6.45, 7) is 6.98. The Kier molecular flexibility index (Phi) is 4.58. The molecule has 0 atom stereocenters. The highest BCUT2D eigenvalue weighted by Gasteiger charge is 2.21. The smallest absolute Gasteiger partial charge is 0.254 e. The Hall–Kier alpha value is -1.14. The highest BCUT2D eigenvalue weighted by Crippen LogP contribution is 2.19. The van der Waals surface area contributed by atoms with Gasteiger partial charge in [-0.15, -0.1) is 0 Å². The third-order valence-corrected chi connectivity index (χ3v) is 4.29. The Morgan fingerprint density at radius 3 is 2.47 bits per heavy atom. The van der Waals surface area contributed by atoms with E-state index in [4.69, 9.17) is 11.6 Å². The highest BCUT2D eigenvalue weighted by atomic mass is 35.5. The normalized spacial score (nSPS) is 12.3. The molecule has 1 rings (SSSR count). The number of aromatic nitrogens is 1. The highest BCUT2D eigenvalue weighted by molar-refractivity contribution is 7.91. The largest absolute Gasteiger partial charge is 0.347 e. The summed E-state index contributed by atoms with van der Waals surface area (Å²) >= 11 is 5.85. The van der Waals surface area contributed by atoms with Gasteiger partial charge < -0.3 is 5.32 Å². The Balaban J connectivity index is 3.22. The lowest BCUT2D eigenvalue weighted by molar-refractivity contribution is 0.0919. The van der Waals surface area contributed by atoms with Gasteiger partial charge in [0.25, 0.3) is 5.91 Å². The van der Waals surface area contributed by atoms with Crippen LogP contribution in [0.25, 0.3) is 0 Å². The quantitative estimate of drug-likeness (QED) is 0.867. The van der Waals surface area contributed by atoms with E-state index in [0.717, 1.165) is 6.20 Å². The summed E-state index contributed by atoms with van der Waals surface area (Å²) in [7, 11) is -3.42. The molecule has 0 aliphatic carbocycles. The predicted molar refractivity (Wildman–Crippen MR) is 74.2 cm³/mol. The minimum absolute atomic E-state index is 0.00143. The number of carbonyl (C=O) groups is 1. The summed E-state index contributed by atoms with van der Waals surface area (Å²) in [6.07, 6.45) is 1.16. The van der Waals surface area contributed by atoms with E-state index < -0.39 is 21.3 Å².